The Morgan fingerprint density at radius 1 is 0.759 bits per heavy atom. The molecule has 2 aromatic carbocycles. The van der Waals surface area contributed by atoms with Gasteiger partial charge in [0.2, 0.25) is 0 Å². The van der Waals surface area contributed by atoms with Gasteiger partial charge in [-0.25, -0.2) is 0 Å². The van der Waals surface area contributed by atoms with Gasteiger partial charge in [0.25, 0.3) is 11.7 Å². The van der Waals surface area contributed by atoms with Crippen molar-refractivity contribution in [3.05, 3.63) is 23.3 Å². The first-order valence-corrected chi connectivity index (χ1v) is 14.2. The predicted octanol–water partition coefficient (Wildman–Crippen LogP) is 7.75. The fourth-order valence-electron chi connectivity index (χ4n) is 3.64. The van der Waals surface area contributed by atoms with Gasteiger partial charge in [0.05, 0.1) is 20.4 Å². The highest BCUT2D eigenvalue weighted by Gasteiger charge is 2.24. The first kappa shape index (κ1) is 19.7. The predicted molar refractivity (Wildman–Crippen MR) is 132 cm³/mol. The largest absolute Gasteiger partial charge is 0.279 e. The standard InChI is InChI=1S/C20H20N4S5/c1-19(2,3)11-7-9-10-8-12(20(4,5)6)16-18(26-29-24-16)14(10)22-27-21-13(9)17-15(11)23-28-25-17/h7-8H,1-6H3. The van der Waals surface area contributed by atoms with Crippen LogP contribution in [0.25, 0.3) is 42.2 Å². The van der Waals surface area contributed by atoms with E-state index >= 15 is 0 Å². The van der Waals surface area contributed by atoms with Crippen molar-refractivity contribution in [3.63, 3.8) is 0 Å². The van der Waals surface area contributed by atoms with Crippen molar-refractivity contribution in [2.45, 2.75) is 52.4 Å². The lowest BCUT2D eigenvalue weighted by Gasteiger charge is -2.21. The zero-order chi connectivity index (χ0) is 20.6. The van der Waals surface area contributed by atoms with Crippen LogP contribution in [0.1, 0.15) is 52.7 Å². The summed E-state index contributed by atoms with van der Waals surface area (Å²) in [6, 6.07) is 4.60. The van der Waals surface area contributed by atoms with Crippen LogP contribution in [0.4, 0.5) is 0 Å². The molecule has 0 fully saturated rings. The third kappa shape index (κ3) is 3.09. The molecule has 0 radical (unpaired) electrons. The highest BCUT2D eigenvalue weighted by atomic mass is 32.9. The number of fused-ring (bicyclic) bond motifs is 7. The summed E-state index contributed by atoms with van der Waals surface area (Å²) in [6.07, 6.45) is 0. The minimum Gasteiger partial charge on any atom is -0.181 e. The summed E-state index contributed by atoms with van der Waals surface area (Å²) in [5, 5.41) is 2.32. The van der Waals surface area contributed by atoms with E-state index in [2.05, 4.69) is 53.7 Å². The van der Waals surface area contributed by atoms with Crippen molar-refractivity contribution in [1.82, 2.24) is 17.5 Å². The average molecular weight is 477 g/mol. The molecule has 5 rings (SSSR count). The number of rotatable bonds is 0. The van der Waals surface area contributed by atoms with Crippen LogP contribution in [0.15, 0.2) is 12.1 Å². The van der Waals surface area contributed by atoms with E-state index in [1.165, 1.54) is 22.9 Å². The molecule has 0 N–H and O–H groups in total. The van der Waals surface area contributed by atoms with Crippen molar-refractivity contribution in [2.75, 3.05) is 0 Å². The molecule has 0 unspecified atom stereocenters. The van der Waals surface area contributed by atoms with Gasteiger partial charge in [-0.15, -0.1) is 0 Å². The molecule has 0 amide bonds. The van der Waals surface area contributed by atoms with Crippen LogP contribution in [0.5, 0.6) is 0 Å². The Bertz CT molecular complexity index is 1320. The van der Waals surface area contributed by atoms with Crippen molar-refractivity contribution >= 4 is 95.7 Å². The second-order valence-corrected chi connectivity index (χ2v) is 13.5. The quantitative estimate of drug-likeness (QED) is 0.169. The first-order chi connectivity index (χ1) is 13.7. The molecular weight excluding hydrogens is 457 g/mol. The Kier molecular flexibility index (Phi) is 4.49. The zero-order valence-corrected chi connectivity index (χ0v) is 21.1. The maximum Gasteiger partial charge on any atom is 0.279 e. The number of benzene rings is 2. The fourth-order valence-corrected chi connectivity index (χ4v) is 8.21. The SMILES string of the molecule is CC(C)(C)c1cc2c3cc(C(C)(C)C)c4nssc4c3[n-][s+]nc2c2ssnc12. The average Bonchev–Trinajstić information content (AvgIpc) is 3.25. The van der Waals surface area contributed by atoms with E-state index in [-0.39, 0.29) is 10.8 Å². The van der Waals surface area contributed by atoms with Crippen LogP contribution >= 0.6 is 53.5 Å². The smallest absolute Gasteiger partial charge is 0.181 e. The van der Waals surface area contributed by atoms with E-state index in [4.69, 9.17) is 17.5 Å². The van der Waals surface area contributed by atoms with Crippen LogP contribution in [-0.4, -0.2) is 13.1 Å². The van der Waals surface area contributed by atoms with Gasteiger partial charge in [0.15, 0.2) is 0 Å². The zero-order valence-electron chi connectivity index (χ0n) is 17.0. The lowest BCUT2D eigenvalue weighted by molar-refractivity contribution is 0.595. The van der Waals surface area contributed by atoms with Gasteiger partial charge in [-0.1, -0.05) is 62.2 Å². The minimum atomic E-state index is -0.00561. The highest BCUT2D eigenvalue weighted by molar-refractivity contribution is 7.70. The molecule has 29 heavy (non-hydrogen) atoms. The van der Waals surface area contributed by atoms with E-state index in [0.29, 0.717) is 0 Å². The molecule has 5 aromatic rings. The maximum absolute atomic E-state index is 4.82. The van der Waals surface area contributed by atoms with Crippen LogP contribution in [0.3, 0.4) is 0 Å². The Hall–Kier alpha value is -1.26. The molecule has 0 saturated heterocycles. The summed E-state index contributed by atoms with van der Waals surface area (Å²) >= 11 is 1.28. The van der Waals surface area contributed by atoms with Gasteiger partial charge >= 0.3 is 0 Å². The lowest BCUT2D eigenvalue weighted by Crippen LogP contribution is -2.12. The summed E-state index contributed by atoms with van der Waals surface area (Å²) < 4.78 is 21.4. The summed E-state index contributed by atoms with van der Waals surface area (Å²) in [6.45, 7) is 13.5. The van der Waals surface area contributed by atoms with Gasteiger partial charge < -0.3 is 0 Å². The molecule has 0 aliphatic carbocycles. The van der Waals surface area contributed by atoms with E-state index in [9.17, 15) is 0 Å². The molecule has 0 atom stereocenters. The summed E-state index contributed by atoms with van der Waals surface area (Å²) in [7, 11) is 6.49. The van der Waals surface area contributed by atoms with Crippen molar-refractivity contribution in [1.29, 1.82) is 0 Å². The molecule has 4 nitrogen and oxygen atoms in total. The summed E-state index contributed by atoms with van der Waals surface area (Å²) in [5.41, 5.74) is 6.69. The van der Waals surface area contributed by atoms with Crippen LogP contribution in [-0.2, 0) is 10.8 Å². The molecular formula is C20H20N4S5. The Balaban J connectivity index is 2.09. The normalized spacial score (nSPS) is 13.2. The monoisotopic (exact) mass is 476 g/mol. The van der Waals surface area contributed by atoms with Crippen molar-refractivity contribution in [2.24, 2.45) is 0 Å². The number of hydrogen-bond acceptors (Lipinski definition) is 7. The first-order valence-electron chi connectivity index (χ1n) is 9.27. The van der Waals surface area contributed by atoms with Gasteiger partial charge in [-0.2, -0.15) is 17.5 Å². The fraction of sp³-hybridized carbons (Fsp3) is 0.400. The topological polar surface area (TPSA) is 52.8 Å². The Morgan fingerprint density at radius 3 is 1.93 bits per heavy atom. The number of aromatic nitrogens is 4. The second-order valence-electron chi connectivity index (χ2n) is 9.26. The van der Waals surface area contributed by atoms with E-state index in [0.717, 1.165) is 42.2 Å². The molecule has 3 heterocycles. The van der Waals surface area contributed by atoms with Crippen LogP contribution < -0.4 is 4.37 Å². The second kappa shape index (κ2) is 6.62. The van der Waals surface area contributed by atoms with E-state index < -0.39 is 0 Å². The lowest BCUT2D eigenvalue weighted by atomic mass is 9.83. The van der Waals surface area contributed by atoms with E-state index in [1.54, 1.807) is 41.8 Å². The van der Waals surface area contributed by atoms with Gasteiger partial charge in [0.1, 0.15) is 0 Å². The number of hydrogen-bond donors (Lipinski definition) is 0. The third-order valence-corrected chi connectivity index (χ3v) is 9.32. The maximum atomic E-state index is 4.82. The molecule has 0 spiro atoms. The molecule has 3 aromatic heterocycles. The molecule has 150 valence electrons. The van der Waals surface area contributed by atoms with Gasteiger partial charge in [-0.3, -0.25) is 0 Å². The van der Waals surface area contributed by atoms with Crippen LogP contribution in [0, 0.1) is 0 Å². The van der Waals surface area contributed by atoms with Crippen molar-refractivity contribution < 1.29 is 0 Å². The summed E-state index contributed by atoms with van der Waals surface area (Å²) in [4.78, 5) is 0. The molecule has 9 heteroatoms. The van der Waals surface area contributed by atoms with Gasteiger partial charge in [-0.05, 0) is 44.9 Å². The molecule has 0 aliphatic heterocycles. The third-order valence-electron chi connectivity index (χ3n) is 5.13. The van der Waals surface area contributed by atoms with Gasteiger partial charge in [0, 0.05) is 32.1 Å². The molecule has 0 bridgehead atoms. The van der Waals surface area contributed by atoms with Crippen molar-refractivity contribution in [3.8, 4) is 0 Å². The number of nitrogens with zero attached hydrogens (tertiary/aromatic N) is 4. The highest BCUT2D eigenvalue weighted by Crippen LogP contribution is 2.42. The Labute approximate surface area is 188 Å². The minimum absolute atomic E-state index is 0.00561. The molecule has 0 aliphatic rings. The van der Waals surface area contributed by atoms with Crippen LogP contribution in [0.2, 0.25) is 0 Å². The van der Waals surface area contributed by atoms with E-state index in [1.807, 2.05) is 0 Å². The molecule has 0 saturated carbocycles. The summed E-state index contributed by atoms with van der Waals surface area (Å²) in [5.74, 6) is 0. The Morgan fingerprint density at radius 2 is 1.31 bits per heavy atom.